The number of ketones is 2. The molecule has 2 radical (unpaired) electrons. The molecule has 0 aliphatic heterocycles. The monoisotopic (exact) mass is 1410 g/mol. The minimum atomic E-state index is -0.125. The van der Waals surface area contributed by atoms with Gasteiger partial charge < -0.3 is 20.2 Å². The molecule has 12 rings (SSSR count). The maximum atomic E-state index is 10.0. The quantitative estimate of drug-likeness (QED) is 0.0958. The van der Waals surface area contributed by atoms with E-state index >= 15 is 0 Å². The van der Waals surface area contributed by atoms with Gasteiger partial charge in [0.1, 0.15) is 0 Å². The Morgan fingerprint density at radius 1 is 0.423 bits per heavy atom. The Morgan fingerprint density at radius 3 is 1.13 bits per heavy atom. The zero-order chi connectivity index (χ0) is 53.5. The van der Waals surface area contributed by atoms with Gasteiger partial charge >= 0.3 is 0 Å². The maximum absolute atomic E-state index is 10.0. The predicted molar refractivity (Wildman–Crippen MR) is 314 cm³/mol. The number of pyridine rings is 4. The molecule has 6 heterocycles. The molecule has 394 valence electrons. The first-order valence-corrected chi connectivity index (χ1v) is 25.7. The normalized spacial score (nSPS) is 10.5. The minimum absolute atomic E-state index is 0. The third kappa shape index (κ3) is 19.3. The number of carbonyl (C=O) groups excluding carboxylic acids is 2. The number of benzene rings is 6. The first kappa shape index (κ1) is 60.9. The molecule has 6 aromatic carbocycles. The number of aliphatic hydroxyl groups excluding tert-OH is 2. The number of aliphatic hydroxyl groups is 2. The Morgan fingerprint density at radius 2 is 0.795 bits per heavy atom. The average molecular weight is 1410 g/mol. The fourth-order valence-corrected chi connectivity index (χ4v) is 9.15. The number of thiophene rings is 2. The van der Waals surface area contributed by atoms with E-state index < -0.39 is 0 Å². The van der Waals surface area contributed by atoms with Crippen LogP contribution in [0.5, 0.6) is 0 Å². The van der Waals surface area contributed by atoms with Crippen LogP contribution in [0.15, 0.2) is 242 Å². The van der Waals surface area contributed by atoms with Gasteiger partial charge in [-0.25, -0.2) is 22.7 Å². The van der Waals surface area contributed by atoms with Crippen LogP contribution in [-0.4, -0.2) is 41.7 Å². The van der Waals surface area contributed by atoms with E-state index in [1.54, 1.807) is 22.7 Å². The van der Waals surface area contributed by atoms with Crippen LogP contribution in [-0.2, 0) is 49.8 Å². The Labute approximate surface area is 490 Å². The van der Waals surface area contributed by atoms with Gasteiger partial charge in [0.25, 0.3) is 0 Å². The van der Waals surface area contributed by atoms with E-state index in [0.29, 0.717) is 0 Å². The molecule has 0 fully saturated rings. The number of rotatable bonds is 6. The van der Waals surface area contributed by atoms with Crippen molar-refractivity contribution in [1.82, 2.24) is 19.9 Å². The van der Waals surface area contributed by atoms with Crippen molar-refractivity contribution < 1.29 is 60.0 Å². The summed E-state index contributed by atoms with van der Waals surface area (Å²) in [5, 5.41) is 21.4. The molecule has 0 saturated carbocycles. The summed E-state index contributed by atoms with van der Waals surface area (Å²) >= 11 is 3.46. The van der Waals surface area contributed by atoms with E-state index in [1.807, 2.05) is 158 Å². The van der Waals surface area contributed by atoms with Crippen LogP contribution in [0.1, 0.15) is 27.7 Å². The number of allylic oxidation sites excluding steroid dienone is 4. The van der Waals surface area contributed by atoms with Crippen LogP contribution in [0.4, 0.5) is 0 Å². The molecule has 12 aromatic rings. The van der Waals surface area contributed by atoms with E-state index in [2.05, 4.69) is 105 Å². The van der Waals surface area contributed by atoms with Crippen LogP contribution in [0.2, 0.25) is 0 Å². The Kier molecular flexibility index (Phi) is 25.0. The topological polar surface area (TPSA) is 126 Å². The van der Waals surface area contributed by atoms with Gasteiger partial charge in [0, 0.05) is 76.1 Å². The molecule has 2 N–H and O–H groups in total. The molecule has 0 atom stereocenters. The zero-order valence-electron chi connectivity index (χ0n) is 42.9. The van der Waals surface area contributed by atoms with Gasteiger partial charge in [0.05, 0.1) is 22.6 Å². The predicted octanol–water partition coefficient (Wildman–Crippen LogP) is 17.0. The molecule has 0 spiro atoms. The van der Waals surface area contributed by atoms with Crippen molar-refractivity contribution in [3.8, 4) is 43.7 Å². The van der Waals surface area contributed by atoms with Gasteiger partial charge in [-0.2, -0.15) is 0 Å². The minimum Gasteiger partial charge on any atom is -0.512 e. The van der Waals surface area contributed by atoms with Gasteiger partial charge in [0.15, 0.2) is 11.6 Å². The first-order chi connectivity index (χ1) is 37.0. The fourth-order valence-electron chi connectivity index (χ4n) is 7.19. The van der Waals surface area contributed by atoms with Crippen LogP contribution in [0.25, 0.3) is 85.6 Å². The largest absolute Gasteiger partial charge is 0.512 e. The van der Waals surface area contributed by atoms with Crippen molar-refractivity contribution in [2.75, 3.05) is 0 Å². The number of fused-ring (bicyclic) bond motifs is 4. The summed E-state index contributed by atoms with van der Waals surface area (Å²) in [7, 11) is 0. The molecule has 0 bridgehead atoms. The molecule has 0 amide bonds. The number of para-hydroxylation sites is 2. The second-order valence-corrected chi connectivity index (χ2v) is 18.8. The summed E-state index contributed by atoms with van der Waals surface area (Å²) in [5.74, 6) is -0.125. The third-order valence-electron chi connectivity index (χ3n) is 10.5. The van der Waals surface area contributed by atoms with Crippen molar-refractivity contribution in [2.24, 2.45) is 0 Å². The summed E-state index contributed by atoms with van der Waals surface area (Å²) in [6.45, 7) is 5.70. The number of nitrogens with zero attached hydrogens (tertiary/aromatic N) is 4. The standard InChI is InChI=1S/2C15H10N.2C13H8NS.2C5H8O2.2Ir/c2*1-2-6-12(7-3-1)15-11-10-13-8-4-5-9-14(13)16-15;2*1-2-7-12-10(5-1)9-13(15-12)11-6-3-4-8-14-11;2*1-4(6)3-5(2)7;;/h2*1-6,8-11H;2*1-8H;2*3,6H,1-2H3;;/q4*-1;;;;. The summed E-state index contributed by atoms with van der Waals surface area (Å²) in [4.78, 5) is 40.1. The molecular weight excluding hydrogens is 1360 g/mol. The average Bonchev–Trinajstić information content (AvgIpc) is 4.10. The SMILES string of the molecule is CC(=O)C=C(C)O.CC(=O)C=C(C)O.[Ir].[Ir].[c-]1c(-c2ccccn2)sc2ccccc12.[c-]1c(-c2ccccn2)sc2ccccc12.[c-]1ccccc1-c1ccc2ccccc2n1.[c-]1ccccc1-c1ccc2ccccc2n1. The second kappa shape index (κ2) is 32.0. The number of carbonyl (C=O) groups is 2. The molecule has 0 aliphatic carbocycles. The Bertz CT molecular complexity index is 3510. The van der Waals surface area contributed by atoms with Gasteiger partial charge in [-0.3, -0.25) is 19.6 Å². The van der Waals surface area contributed by atoms with E-state index in [1.165, 1.54) is 70.8 Å². The molecule has 8 nitrogen and oxygen atoms in total. The molecule has 0 aliphatic rings. The Balaban J connectivity index is 0.000000176. The van der Waals surface area contributed by atoms with Gasteiger partial charge in [-0.05, 0) is 93.3 Å². The molecule has 78 heavy (non-hydrogen) atoms. The molecule has 0 unspecified atom stereocenters. The van der Waals surface area contributed by atoms with Crippen LogP contribution < -0.4 is 0 Å². The van der Waals surface area contributed by atoms with Crippen molar-refractivity contribution in [3.63, 3.8) is 0 Å². The summed E-state index contributed by atoms with van der Waals surface area (Å²) in [6.07, 6.45) is 5.96. The van der Waals surface area contributed by atoms with Gasteiger partial charge in [0.2, 0.25) is 0 Å². The zero-order valence-corrected chi connectivity index (χ0v) is 49.3. The molecule has 0 saturated heterocycles. The maximum Gasteiger partial charge on any atom is 0.155 e. The molecule has 6 aromatic heterocycles. The van der Waals surface area contributed by atoms with Crippen molar-refractivity contribution in [1.29, 1.82) is 0 Å². The van der Waals surface area contributed by atoms with E-state index in [-0.39, 0.29) is 63.3 Å². The third-order valence-corrected chi connectivity index (χ3v) is 12.7. The van der Waals surface area contributed by atoms with Crippen LogP contribution in [0, 0.1) is 24.3 Å². The summed E-state index contributed by atoms with van der Waals surface area (Å²) in [6, 6.07) is 81.9. The first-order valence-electron chi connectivity index (χ1n) is 24.0. The summed E-state index contributed by atoms with van der Waals surface area (Å²) < 4.78 is 2.52. The van der Waals surface area contributed by atoms with Crippen molar-refractivity contribution in [2.45, 2.75) is 27.7 Å². The van der Waals surface area contributed by atoms with Crippen molar-refractivity contribution in [3.05, 3.63) is 267 Å². The van der Waals surface area contributed by atoms with Gasteiger partial charge in [-0.1, -0.05) is 109 Å². The Hall–Kier alpha value is -7.92. The number of hydrogen-bond donors (Lipinski definition) is 2. The van der Waals surface area contributed by atoms with Crippen molar-refractivity contribution >= 4 is 76.2 Å². The molecular formula is C66H52Ir2N4O4S2-4. The van der Waals surface area contributed by atoms with E-state index in [0.717, 1.165) is 54.7 Å². The fraction of sp³-hybridized carbons (Fsp3) is 0.0606. The van der Waals surface area contributed by atoms with Gasteiger partial charge in [-0.15, -0.1) is 119 Å². The smallest absolute Gasteiger partial charge is 0.155 e. The van der Waals surface area contributed by atoms with Crippen LogP contribution in [0.3, 0.4) is 0 Å². The van der Waals surface area contributed by atoms with E-state index in [4.69, 9.17) is 10.2 Å². The van der Waals surface area contributed by atoms with E-state index in [9.17, 15) is 9.59 Å². The summed E-state index contributed by atoms with van der Waals surface area (Å²) in [5.41, 5.74) is 8.06. The number of hydrogen-bond acceptors (Lipinski definition) is 10. The molecule has 12 heteroatoms. The van der Waals surface area contributed by atoms with Crippen LogP contribution >= 0.6 is 22.7 Å². The second-order valence-electron chi connectivity index (χ2n) is 16.7. The number of aromatic nitrogens is 4.